The second-order valence-corrected chi connectivity index (χ2v) is 10.9. The molecule has 0 aliphatic heterocycles. The smallest absolute Gasteiger partial charge is 0.315 e. The van der Waals surface area contributed by atoms with Crippen LogP contribution in [0.1, 0.15) is 49.8 Å². The predicted octanol–water partition coefficient (Wildman–Crippen LogP) is 4.57. The zero-order valence-corrected chi connectivity index (χ0v) is 18.4. The number of carbonyl (C=O) groups is 2. The lowest BCUT2D eigenvalue weighted by Crippen LogP contribution is -2.61. The van der Waals surface area contributed by atoms with E-state index in [2.05, 4.69) is 17.2 Å². The molecule has 4 aliphatic rings. The molecule has 7 heteroatoms. The van der Waals surface area contributed by atoms with E-state index in [4.69, 9.17) is 11.6 Å². The maximum absolute atomic E-state index is 12.6. The van der Waals surface area contributed by atoms with Gasteiger partial charge in [0.25, 0.3) is 0 Å². The molecule has 0 unspecified atom stereocenters. The van der Waals surface area contributed by atoms with Crippen molar-refractivity contribution in [3.05, 3.63) is 34.0 Å². The van der Waals surface area contributed by atoms with E-state index >= 15 is 0 Å². The van der Waals surface area contributed by atoms with Crippen LogP contribution in [0.4, 0.5) is 4.79 Å². The minimum atomic E-state index is -0.125. The lowest BCUT2D eigenvalue weighted by molar-refractivity contribution is -0.131. The maximum Gasteiger partial charge on any atom is 0.315 e. The second-order valence-electron chi connectivity index (χ2n) is 9.10. The largest absolute Gasteiger partial charge is 0.338 e. The van der Waals surface area contributed by atoms with E-state index in [-0.39, 0.29) is 23.9 Å². The second kappa shape index (κ2) is 8.68. The molecule has 0 saturated heterocycles. The fourth-order valence-corrected chi connectivity index (χ4v) is 7.13. The Bertz CT molecular complexity index is 743. The Morgan fingerprint density at radius 3 is 2.41 bits per heavy atom. The van der Waals surface area contributed by atoms with Gasteiger partial charge in [-0.3, -0.25) is 4.79 Å². The summed E-state index contributed by atoms with van der Waals surface area (Å²) >= 11 is 7.46. The van der Waals surface area contributed by atoms with E-state index in [0.29, 0.717) is 24.0 Å². The van der Waals surface area contributed by atoms with Gasteiger partial charge in [-0.15, -0.1) is 17.9 Å². The Hall–Kier alpha value is -1.53. The highest BCUT2D eigenvalue weighted by Crippen LogP contribution is 2.55. The Morgan fingerprint density at radius 1 is 1.21 bits per heavy atom. The van der Waals surface area contributed by atoms with E-state index < -0.39 is 0 Å². The molecule has 2 N–H and O–H groups in total. The van der Waals surface area contributed by atoms with Gasteiger partial charge in [-0.05, 0) is 68.4 Å². The number of halogens is 1. The van der Waals surface area contributed by atoms with Gasteiger partial charge in [0, 0.05) is 29.9 Å². The van der Waals surface area contributed by atoms with Crippen LogP contribution in [0.3, 0.4) is 0 Å². The third-order valence-corrected chi connectivity index (χ3v) is 7.94. The predicted molar refractivity (Wildman–Crippen MR) is 117 cm³/mol. The Kier molecular flexibility index (Phi) is 6.21. The topological polar surface area (TPSA) is 61.4 Å². The van der Waals surface area contributed by atoms with Crippen molar-refractivity contribution in [2.24, 2.45) is 17.8 Å². The molecule has 3 amide bonds. The molecule has 1 aromatic rings. The van der Waals surface area contributed by atoms with Gasteiger partial charge in [0.1, 0.15) is 0 Å². The van der Waals surface area contributed by atoms with Crippen LogP contribution in [-0.4, -0.2) is 35.5 Å². The molecular weight excluding hydrogens is 406 g/mol. The number of hydrogen-bond donors (Lipinski definition) is 2. The molecule has 5 rings (SSSR count). The van der Waals surface area contributed by atoms with E-state index in [1.54, 1.807) is 11.0 Å². The molecule has 0 spiro atoms. The number of urea groups is 1. The number of thiophene rings is 1. The van der Waals surface area contributed by atoms with Crippen molar-refractivity contribution in [2.45, 2.75) is 57.0 Å². The van der Waals surface area contributed by atoms with Gasteiger partial charge >= 0.3 is 6.03 Å². The first kappa shape index (κ1) is 20.7. The first-order valence-electron chi connectivity index (χ1n) is 10.6. The van der Waals surface area contributed by atoms with Gasteiger partial charge in [0.05, 0.1) is 10.9 Å². The van der Waals surface area contributed by atoms with Crippen molar-refractivity contribution < 1.29 is 9.59 Å². The summed E-state index contributed by atoms with van der Waals surface area (Å²) in [6.45, 7) is 5.08. The average molecular weight is 436 g/mol. The normalized spacial score (nSPS) is 29.5. The molecule has 4 fully saturated rings. The van der Waals surface area contributed by atoms with Gasteiger partial charge < -0.3 is 15.5 Å². The van der Waals surface area contributed by atoms with Gasteiger partial charge in [0.2, 0.25) is 5.91 Å². The summed E-state index contributed by atoms with van der Waals surface area (Å²) in [5.41, 5.74) is -0.00381. The Labute approximate surface area is 181 Å². The molecule has 4 bridgehead atoms. The summed E-state index contributed by atoms with van der Waals surface area (Å²) in [5.74, 6) is 2.38. The monoisotopic (exact) mass is 435 g/mol. The minimum absolute atomic E-state index is 0.00381. The van der Waals surface area contributed by atoms with Crippen LogP contribution in [-0.2, 0) is 11.3 Å². The van der Waals surface area contributed by atoms with Crippen molar-refractivity contribution >= 4 is 34.9 Å². The van der Waals surface area contributed by atoms with E-state index in [1.807, 2.05) is 12.1 Å². The third-order valence-electron chi connectivity index (χ3n) is 6.72. The number of hydrogen-bond acceptors (Lipinski definition) is 3. The van der Waals surface area contributed by atoms with Crippen LogP contribution >= 0.6 is 22.9 Å². The first-order chi connectivity index (χ1) is 13.9. The SMILES string of the molecule is C=CCN(Cc1ccc(Cl)s1)C(=O)CCNC(=O)NC12CC3CC(CC(C3)C1)C2. The highest BCUT2D eigenvalue weighted by atomic mass is 35.5. The van der Waals surface area contributed by atoms with Crippen molar-refractivity contribution in [2.75, 3.05) is 13.1 Å². The molecule has 0 atom stereocenters. The number of rotatable bonds is 8. The van der Waals surface area contributed by atoms with E-state index in [1.165, 1.54) is 30.6 Å². The van der Waals surface area contributed by atoms with E-state index in [0.717, 1.165) is 41.9 Å². The van der Waals surface area contributed by atoms with Crippen LogP contribution in [0.2, 0.25) is 4.34 Å². The minimum Gasteiger partial charge on any atom is -0.338 e. The molecule has 29 heavy (non-hydrogen) atoms. The van der Waals surface area contributed by atoms with Gasteiger partial charge in [-0.2, -0.15) is 0 Å². The highest BCUT2D eigenvalue weighted by molar-refractivity contribution is 7.16. The molecule has 1 aromatic heterocycles. The Balaban J connectivity index is 1.24. The highest BCUT2D eigenvalue weighted by Gasteiger charge is 2.51. The molecule has 4 aliphatic carbocycles. The summed E-state index contributed by atoms with van der Waals surface area (Å²) < 4.78 is 0.717. The average Bonchev–Trinajstić information content (AvgIpc) is 3.04. The molecule has 0 radical (unpaired) electrons. The van der Waals surface area contributed by atoms with Crippen molar-refractivity contribution in [3.63, 3.8) is 0 Å². The van der Waals surface area contributed by atoms with Crippen molar-refractivity contribution in [1.29, 1.82) is 0 Å². The zero-order valence-electron chi connectivity index (χ0n) is 16.8. The fraction of sp³-hybridized carbons (Fsp3) is 0.636. The summed E-state index contributed by atoms with van der Waals surface area (Å²) in [7, 11) is 0. The standard InChI is InChI=1S/C22H30ClN3O2S/c1-2-7-26(14-18-3-4-19(23)29-18)20(27)5-6-24-21(28)25-22-11-15-8-16(12-22)10-17(9-15)13-22/h2-4,15-17H,1,5-14H2,(H2,24,25,28). The molecule has 1 heterocycles. The number of carbonyl (C=O) groups excluding carboxylic acids is 2. The molecule has 158 valence electrons. The summed E-state index contributed by atoms with van der Waals surface area (Å²) in [5, 5.41) is 6.20. The molecule has 5 nitrogen and oxygen atoms in total. The Morgan fingerprint density at radius 2 is 1.86 bits per heavy atom. The summed E-state index contributed by atoms with van der Waals surface area (Å²) in [6.07, 6.45) is 9.44. The van der Waals surface area contributed by atoms with Crippen molar-refractivity contribution in [1.82, 2.24) is 15.5 Å². The summed E-state index contributed by atoms with van der Waals surface area (Å²) in [4.78, 5) is 27.9. The van der Waals surface area contributed by atoms with Gasteiger partial charge in [0.15, 0.2) is 0 Å². The molecular formula is C22H30ClN3O2S. The zero-order chi connectivity index (χ0) is 20.4. The number of nitrogens with one attached hydrogen (secondary N) is 2. The quantitative estimate of drug-likeness (QED) is 0.587. The van der Waals surface area contributed by atoms with Crippen LogP contribution in [0, 0.1) is 17.8 Å². The lowest BCUT2D eigenvalue weighted by Gasteiger charge is -2.56. The fourth-order valence-electron chi connectivity index (χ4n) is 6.03. The summed E-state index contributed by atoms with van der Waals surface area (Å²) in [6, 6.07) is 3.65. The van der Waals surface area contributed by atoms with Crippen LogP contribution in [0.5, 0.6) is 0 Å². The van der Waals surface area contributed by atoms with Crippen LogP contribution < -0.4 is 10.6 Å². The third kappa shape index (κ3) is 4.97. The first-order valence-corrected chi connectivity index (χ1v) is 11.8. The lowest BCUT2D eigenvalue weighted by atomic mass is 9.53. The van der Waals surface area contributed by atoms with Crippen molar-refractivity contribution in [3.8, 4) is 0 Å². The van der Waals surface area contributed by atoms with Gasteiger partial charge in [-0.1, -0.05) is 17.7 Å². The van der Waals surface area contributed by atoms with E-state index in [9.17, 15) is 9.59 Å². The number of amides is 3. The van der Waals surface area contributed by atoms with Gasteiger partial charge in [-0.25, -0.2) is 4.79 Å². The van der Waals surface area contributed by atoms with Crippen LogP contribution in [0.15, 0.2) is 24.8 Å². The van der Waals surface area contributed by atoms with Crippen LogP contribution in [0.25, 0.3) is 0 Å². The molecule has 4 saturated carbocycles. The number of nitrogens with zero attached hydrogens (tertiary/aromatic N) is 1. The maximum atomic E-state index is 12.6. The molecule has 0 aromatic carbocycles.